The monoisotopic (exact) mass is 383 g/mol. The van der Waals surface area contributed by atoms with E-state index in [1.54, 1.807) is 19.1 Å². The molecule has 80 valence electrons. The van der Waals surface area contributed by atoms with E-state index in [1.165, 1.54) is 12.1 Å². The minimum Gasteiger partial charge on any atom is -0.211 e. The molecule has 0 bridgehead atoms. The molecule has 0 aromatic heterocycles. The fourth-order valence-electron chi connectivity index (χ4n) is 1.17. The maximum atomic E-state index is 13.6. The van der Waals surface area contributed by atoms with Gasteiger partial charge in [-0.15, -0.1) is 0 Å². The Morgan fingerprint density at radius 1 is 1.67 bits per heavy atom. The molecule has 0 N–H and O–H groups in total. The van der Waals surface area contributed by atoms with Crippen LogP contribution in [0.2, 0.25) is 0 Å². The van der Waals surface area contributed by atoms with Crippen LogP contribution in [0.1, 0.15) is 12.5 Å². The summed E-state index contributed by atoms with van der Waals surface area (Å²) in [7, 11) is 0. The molecule has 0 saturated heterocycles. The predicted octanol–water partition coefficient (Wildman–Crippen LogP) is 3.57. The zero-order valence-corrected chi connectivity index (χ0v) is 11.7. The molecule has 0 radical (unpaired) electrons. The van der Waals surface area contributed by atoms with Crippen molar-refractivity contribution in [3.8, 4) is 0 Å². The average molecular weight is 384 g/mol. The third-order valence-corrected chi connectivity index (χ3v) is 4.04. The van der Waals surface area contributed by atoms with Gasteiger partial charge in [0.15, 0.2) is 0 Å². The molecular formula is C10H8BrFINO. The van der Waals surface area contributed by atoms with Crippen LogP contribution in [0.25, 0.3) is 0 Å². The van der Waals surface area contributed by atoms with E-state index in [-0.39, 0.29) is 5.82 Å². The summed E-state index contributed by atoms with van der Waals surface area (Å²) in [5.41, 5.74) is -0.453. The van der Waals surface area contributed by atoms with Gasteiger partial charge in [0.1, 0.15) is 11.4 Å². The third-order valence-electron chi connectivity index (χ3n) is 2.06. The number of isocyanates is 1. The van der Waals surface area contributed by atoms with E-state index in [9.17, 15) is 9.18 Å². The molecule has 15 heavy (non-hydrogen) atoms. The molecule has 0 aliphatic heterocycles. The molecule has 1 aromatic carbocycles. The minimum absolute atomic E-state index is 0.364. The molecule has 5 heteroatoms. The van der Waals surface area contributed by atoms with E-state index in [4.69, 9.17) is 0 Å². The summed E-state index contributed by atoms with van der Waals surface area (Å²) in [4.78, 5) is 14.0. The quantitative estimate of drug-likeness (QED) is 0.339. The zero-order valence-electron chi connectivity index (χ0n) is 7.93. The first-order valence-corrected chi connectivity index (χ1v) is 6.46. The summed E-state index contributed by atoms with van der Waals surface area (Å²) in [6.45, 7) is 1.70. The van der Waals surface area contributed by atoms with Gasteiger partial charge < -0.3 is 0 Å². The molecule has 0 aliphatic carbocycles. The van der Waals surface area contributed by atoms with Gasteiger partial charge in [0.05, 0.1) is 0 Å². The Hall–Kier alpha value is -0.260. The topological polar surface area (TPSA) is 29.4 Å². The molecule has 1 unspecified atom stereocenters. The number of aliphatic imine (C=N–C) groups is 1. The lowest BCUT2D eigenvalue weighted by atomic mass is 9.95. The van der Waals surface area contributed by atoms with E-state index in [1.807, 2.05) is 0 Å². The number of rotatable bonds is 3. The van der Waals surface area contributed by atoms with Gasteiger partial charge in [0.25, 0.3) is 0 Å². The van der Waals surface area contributed by atoms with E-state index < -0.39 is 5.54 Å². The molecular weight excluding hydrogens is 376 g/mol. The van der Waals surface area contributed by atoms with Gasteiger partial charge in [0.2, 0.25) is 6.08 Å². The molecule has 2 nitrogen and oxygen atoms in total. The van der Waals surface area contributed by atoms with Crippen molar-refractivity contribution in [3.05, 3.63) is 34.1 Å². The maximum Gasteiger partial charge on any atom is 0.235 e. The lowest BCUT2D eigenvalue weighted by Crippen LogP contribution is -2.22. The molecule has 1 aromatic rings. The highest BCUT2D eigenvalue weighted by Crippen LogP contribution is 2.31. The average Bonchev–Trinajstić information content (AvgIpc) is 2.22. The second kappa shape index (κ2) is 5.18. The maximum absolute atomic E-state index is 13.6. The van der Waals surface area contributed by atoms with Gasteiger partial charge in [0, 0.05) is 14.5 Å². The minimum atomic E-state index is -0.851. The second-order valence-electron chi connectivity index (χ2n) is 3.23. The van der Waals surface area contributed by atoms with Crippen molar-refractivity contribution >= 4 is 44.6 Å². The van der Waals surface area contributed by atoms with Crippen LogP contribution < -0.4 is 0 Å². The van der Waals surface area contributed by atoms with E-state index in [0.717, 1.165) is 4.47 Å². The summed E-state index contributed by atoms with van der Waals surface area (Å²) in [5, 5.41) is 0. The van der Waals surface area contributed by atoms with Crippen molar-refractivity contribution in [2.75, 3.05) is 4.43 Å². The number of hydrogen-bond acceptors (Lipinski definition) is 2. The van der Waals surface area contributed by atoms with Gasteiger partial charge >= 0.3 is 0 Å². The van der Waals surface area contributed by atoms with Crippen molar-refractivity contribution in [2.45, 2.75) is 12.5 Å². The Morgan fingerprint density at radius 3 is 2.87 bits per heavy atom. The van der Waals surface area contributed by atoms with Crippen molar-refractivity contribution in [3.63, 3.8) is 0 Å². The van der Waals surface area contributed by atoms with E-state index >= 15 is 0 Å². The molecule has 0 saturated carbocycles. The highest BCUT2D eigenvalue weighted by Gasteiger charge is 2.28. The Balaban J connectivity index is 3.34. The van der Waals surface area contributed by atoms with Gasteiger partial charge in [-0.1, -0.05) is 38.5 Å². The zero-order chi connectivity index (χ0) is 11.5. The predicted molar refractivity (Wildman–Crippen MR) is 68.5 cm³/mol. The fourth-order valence-corrected chi connectivity index (χ4v) is 2.12. The number of alkyl halides is 1. The molecule has 0 fully saturated rings. The van der Waals surface area contributed by atoms with Crippen LogP contribution in [0, 0.1) is 5.82 Å². The lowest BCUT2D eigenvalue weighted by Gasteiger charge is -2.21. The Labute approximate surface area is 109 Å². The molecule has 0 amide bonds. The van der Waals surface area contributed by atoms with E-state index in [2.05, 4.69) is 43.5 Å². The number of carbonyl (C=O) groups excluding carboxylic acids is 1. The largest absolute Gasteiger partial charge is 0.235 e. The summed E-state index contributed by atoms with van der Waals surface area (Å²) in [6, 6.07) is 4.59. The van der Waals surface area contributed by atoms with Crippen LogP contribution in [0.15, 0.2) is 27.7 Å². The standard InChI is InChI=1S/C10H8BrFINO/c1-10(5-13,14-6-15)8-4-7(11)2-3-9(8)12/h2-4H,5H2,1H3. The molecule has 0 heterocycles. The van der Waals surface area contributed by atoms with Crippen molar-refractivity contribution in [1.29, 1.82) is 0 Å². The number of hydrogen-bond donors (Lipinski definition) is 0. The number of benzene rings is 1. The van der Waals surface area contributed by atoms with Crippen LogP contribution >= 0.6 is 38.5 Å². The van der Waals surface area contributed by atoms with Gasteiger partial charge in [-0.25, -0.2) is 9.18 Å². The Kier molecular flexibility index (Phi) is 4.43. The summed E-state index contributed by atoms with van der Waals surface area (Å²) >= 11 is 5.33. The lowest BCUT2D eigenvalue weighted by molar-refractivity contribution is 0.502. The first-order valence-electron chi connectivity index (χ1n) is 4.14. The van der Waals surface area contributed by atoms with Gasteiger partial charge in [-0.3, -0.25) is 0 Å². The number of nitrogens with zero attached hydrogens (tertiary/aromatic N) is 1. The Morgan fingerprint density at radius 2 is 2.33 bits per heavy atom. The summed E-state index contributed by atoms with van der Waals surface area (Å²) in [5.74, 6) is -0.364. The van der Waals surface area contributed by atoms with Gasteiger partial charge in [-0.05, 0) is 25.1 Å². The van der Waals surface area contributed by atoms with Crippen molar-refractivity contribution < 1.29 is 9.18 Å². The van der Waals surface area contributed by atoms with Crippen LogP contribution in [-0.4, -0.2) is 10.5 Å². The summed E-state index contributed by atoms with van der Waals surface area (Å²) < 4.78 is 14.8. The van der Waals surface area contributed by atoms with E-state index in [0.29, 0.717) is 9.99 Å². The third kappa shape index (κ3) is 2.86. The first-order chi connectivity index (χ1) is 7.03. The molecule has 0 spiro atoms. The molecule has 0 aliphatic rings. The van der Waals surface area contributed by atoms with Gasteiger partial charge in [-0.2, -0.15) is 4.99 Å². The van der Waals surface area contributed by atoms with Crippen LogP contribution in [0.4, 0.5) is 4.39 Å². The smallest absolute Gasteiger partial charge is 0.211 e. The summed E-state index contributed by atoms with van der Waals surface area (Å²) in [6.07, 6.45) is 1.49. The number of halogens is 3. The molecule has 1 atom stereocenters. The molecule has 1 rings (SSSR count). The van der Waals surface area contributed by atoms with Crippen LogP contribution in [-0.2, 0) is 10.3 Å². The van der Waals surface area contributed by atoms with Crippen LogP contribution in [0.5, 0.6) is 0 Å². The first kappa shape index (κ1) is 12.8. The van der Waals surface area contributed by atoms with Crippen LogP contribution in [0.3, 0.4) is 0 Å². The fraction of sp³-hybridized carbons (Fsp3) is 0.300. The Bertz CT molecular complexity index is 420. The highest BCUT2D eigenvalue weighted by atomic mass is 127. The van der Waals surface area contributed by atoms with Crippen molar-refractivity contribution in [1.82, 2.24) is 0 Å². The normalized spacial score (nSPS) is 14.1. The van der Waals surface area contributed by atoms with Crippen molar-refractivity contribution in [2.24, 2.45) is 4.99 Å². The second-order valence-corrected chi connectivity index (χ2v) is 4.91. The highest BCUT2D eigenvalue weighted by molar-refractivity contribution is 14.1. The SMILES string of the molecule is CC(CI)(N=C=O)c1cc(Br)ccc1F.